The van der Waals surface area contributed by atoms with Gasteiger partial charge in [0.25, 0.3) is 0 Å². The predicted octanol–water partition coefficient (Wildman–Crippen LogP) is 2.05. The van der Waals surface area contributed by atoms with Crippen LogP contribution in [0.4, 0.5) is 0 Å². The molecule has 1 amide bonds. The number of carbonyl (C=O) groups is 1. The minimum atomic E-state index is 0.00139. The molecule has 3 fully saturated rings. The van der Waals surface area contributed by atoms with Crippen molar-refractivity contribution in [2.24, 2.45) is 11.0 Å². The van der Waals surface area contributed by atoms with Gasteiger partial charge in [0.1, 0.15) is 11.8 Å². The first-order valence-corrected chi connectivity index (χ1v) is 7.95. The second-order valence-electron chi connectivity index (χ2n) is 6.36. The van der Waals surface area contributed by atoms with Crippen molar-refractivity contribution in [2.45, 2.75) is 31.8 Å². The monoisotopic (exact) mass is 299 g/mol. The third-order valence-corrected chi connectivity index (χ3v) is 5.21. The summed E-state index contributed by atoms with van der Waals surface area (Å²) in [5.41, 5.74) is 2.35. The summed E-state index contributed by atoms with van der Waals surface area (Å²) in [6.07, 6.45) is 2.35. The number of fused-ring (bicyclic) bond motifs is 2. The Morgan fingerprint density at radius 1 is 1.18 bits per heavy atom. The average Bonchev–Trinajstić information content (AvgIpc) is 2.99. The number of ether oxygens (including phenoxy) is 1. The van der Waals surface area contributed by atoms with Crippen molar-refractivity contribution in [3.63, 3.8) is 0 Å². The van der Waals surface area contributed by atoms with Crippen molar-refractivity contribution in [3.8, 4) is 5.75 Å². The van der Waals surface area contributed by atoms with Crippen molar-refractivity contribution in [2.75, 3.05) is 20.2 Å². The van der Waals surface area contributed by atoms with Crippen LogP contribution in [0.25, 0.3) is 0 Å². The number of piperidine rings is 3. The minimum Gasteiger partial charge on any atom is -0.497 e. The first kappa shape index (κ1) is 13.8. The summed E-state index contributed by atoms with van der Waals surface area (Å²) in [7, 11) is 1.67. The molecule has 0 saturated carbocycles. The van der Waals surface area contributed by atoms with E-state index in [9.17, 15) is 4.79 Å². The summed E-state index contributed by atoms with van der Waals surface area (Å²) in [6.45, 7) is 3.84. The van der Waals surface area contributed by atoms with Crippen LogP contribution in [0, 0.1) is 5.92 Å². The van der Waals surface area contributed by atoms with Crippen LogP contribution < -0.4 is 4.74 Å². The lowest BCUT2D eigenvalue weighted by Gasteiger charge is -2.46. The molecule has 4 aliphatic rings. The molecule has 4 aliphatic heterocycles. The molecule has 5 rings (SSSR count). The number of hydrogen-bond acceptors (Lipinski definition) is 4. The van der Waals surface area contributed by atoms with Crippen LogP contribution in [0.15, 0.2) is 29.4 Å². The van der Waals surface area contributed by atoms with E-state index < -0.39 is 0 Å². The zero-order valence-electron chi connectivity index (χ0n) is 13.0. The molecule has 5 nitrogen and oxygen atoms in total. The van der Waals surface area contributed by atoms with Crippen molar-refractivity contribution < 1.29 is 9.53 Å². The Bertz CT molecular complexity index is 617. The van der Waals surface area contributed by atoms with Gasteiger partial charge in [0.05, 0.1) is 18.9 Å². The predicted molar refractivity (Wildman–Crippen MR) is 83.8 cm³/mol. The number of methoxy groups -OCH3 is 1. The first-order chi connectivity index (χ1) is 10.7. The highest BCUT2D eigenvalue weighted by molar-refractivity contribution is 5.97. The molecule has 116 valence electrons. The Labute approximate surface area is 130 Å². The average molecular weight is 299 g/mol. The van der Waals surface area contributed by atoms with Gasteiger partial charge in [-0.1, -0.05) is 12.1 Å². The summed E-state index contributed by atoms with van der Waals surface area (Å²) in [6, 6.07) is 8.29. The molecule has 4 heterocycles. The number of carbonyl (C=O) groups excluding carboxylic acids is 1. The van der Waals surface area contributed by atoms with Gasteiger partial charge >= 0.3 is 0 Å². The topological polar surface area (TPSA) is 45.1 Å². The van der Waals surface area contributed by atoms with Crippen molar-refractivity contribution in [1.29, 1.82) is 0 Å². The van der Waals surface area contributed by atoms with Crippen LogP contribution in [-0.2, 0) is 4.79 Å². The number of hydrogen-bond donors (Lipinski definition) is 0. The molecule has 0 spiro atoms. The molecule has 0 radical (unpaired) electrons. The third-order valence-electron chi connectivity index (χ3n) is 5.21. The van der Waals surface area contributed by atoms with E-state index >= 15 is 0 Å². The molecule has 0 N–H and O–H groups in total. The molecule has 22 heavy (non-hydrogen) atoms. The number of nitrogens with zero attached hydrogens (tertiary/aromatic N) is 3. The summed E-state index contributed by atoms with van der Waals surface area (Å²) < 4.78 is 5.24. The summed E-state index contributed by atoms with van der Waals surface area (Å²) in [5.74, 6) is 1.41. The Morgan fingerprint density at radius 3 is 2.45 bits per heavy atom. The van der Waals surface area contributed by atoms with Gasteiger partial charge in [0, 0.05) is 12.8 Å². The highest BCUT2D eigenvalue weighted by Crippen LogP contribution is 2.43. The summed E-state index contributed by atoms with van der Waals surface area (Å²) >= 11 is 0. The van der Waals surface area contributed by atoms with Crippen molar-refractivity contribution >= 4 is 11.6 Å². The Morgan fingerprint density at radius 2 is 1.86 bits per heavy atom. The highest BCUT2D eigenvalue weighted by atomic mass is 16.5. The Kier molecular flexibility index (Phi) is 3.18. The SMILES string of the molecule is COc1ccc([C@@H]2[C@H]3C(=NN2C(C)=O)C2CCN3CC2)cc1. The van der Waals surface area contributed by atoms with Crippen molar-refractivity contribution in [3.05, 3.63) is 29.8 Å². The van der Waals surface area contributed by atoms with Gasteiger partial charge in [-0.3, -0.25) is 9.69 Å². The molecular weight excluding hydrogens is 278 g/mol. The number of hydrazone groups is 1. The fourth-order valence-corrected chi connectivity index (χ4v) is 4.12. The van der Waals surface area contributed by atoms with E-state index in [1.54, 1.807) is 19.0 Å². The normalized spacial score (nSPS) is 32.6. The van der Waals surface area contributed by atoms with Crippen LogP contribution in [-0.4, -0.2) is 47.8 Å². The van der Waals surface area contributed by atoms with Gasteiger partial charge < -0.3 is 4.74 Å². The Hall–Kier alpha value is -1.88. The van der Waals surface area contributed by atoms with Gasteiger partial charge in [0.2, 0.25) is 5.91 Å². The highest BCUT2D eigenvalue weighted by Gasteiger charge is 2.50. The maximum absolute atomic E-state index is 12.1. The molecule has 5 heteroatoms. The van der Waals surface area contributed by atoms with Gasteiger partial charge in [-0.2, -0.15) is 5.10 Å². The van der Waals surface area contributed by atoms with Gasteiger partial charge in [-0.15, -0.1) is 0 Å². The number of amides is 1. The number of benzene rings is 1. The molecular formula is C17H21N3O2. The van der Waals surface area contributed by atoms with Crippen molar-refractivity contribution in [1.82, 2.24) is 9.91 Å². The fraction of sp³-hybridized carbons (Fsp3) is 0.529. The molecule has 2 bridgehead atoms. The van der Waals surface area contributed by atoms with Crippen LogP contribution >= 0.6 is 0 Å². The van der Waals surface area contributed by atoms with Crippen LogP contribution in [0.1, 0.15) is 31.4 Å². The molecule has 0 aliphatic carbocycles. The van der Waals surface area contributed by atoms with E-state index in [1.807, 2.05) is 12.1 Å². The van der Waals surface area contributed by atoms with Gasteiger partial charge in [-0.25, -0.2) is 5.01 Å². The van der Waals surface area contributed by atoms with Gasteiger partial charge in [-0.05, 0) is 43.6 Å². The van der Waals surface area contributed by atoms with E-state index in [1.165, 1.54) is 18.6 Å². The molecule has 2 atom stereocenters. The third kappa shape index (κ3) is 1.96. The molecule has 0 unspecified atom stereocenters. The minimum absolute atomic E-state index is 0.00139. The van der Waals surface area contributed by atoms with E-state index in [0.717, 1.165) is 24.4 Å². The van der Waals surface area contributed by atoms with E-state index in [0.29, 0.717) is 5.92 Å². The second-order valence-corrected chi connectivity index (χ2v) is 6.36. The number of rotatable bonds is 2. The molecule has 1 aromatic carbocycles. The standard InChI is InChI=1S/C17H21N3O2/c1-11(21)20-16(13-3-5-14(22-2)6-4-13)17-15(18-20)12-7-9-19(17)10-8-12/h3-6,12,16-17H,7-10H2,1-2H3/t16-,17-/m1/s1. The van der Waals surface area contributed by atoms with Crippen LogP contribution in [0.5, 0.6) is 5.75 Å². The maximum Gasteiger partial charge on any atom is 0.240 e. The maximum atomic E-state index is 12.1. The largest absolute Gasteiger partial charge is 0.497 e. The Balaban J connectivity index is 1.74. The van der Waals surface area contributed by atoms with Crippen LogP contribution in [0.3, 0.4) is 0 Å². The lowest BCUT2D eigenvalue weighted by Crippen LogP contribution is -2.56. The zero-order valence-corrected chi connectivity index (χ0v) is 13.0. The lowest BCUT2D eigenvalue weighted by molar-refractivity contribution is -0.131. The summed E-state index contributed by atoms with van der Waals surface area (Å²) in [4.78, 5) is 14.6. The molecule has 0 aromatic heterocycles. The van der Waals surface area contributed by atoms with Gasteiger partial charge in [0.15, 0.2) is 0 Å². The lowest BCUT2D eigenvalue weighted by atomic mass is 9.78. The zero-order chi connectivity index (χ0) is 15.3. The first-order valence-electron chi connectivity index (χ1n) is 7.95. The smallest absolute Gasteiger partial charge is 0.240 e. The molecule has 3 saturated heterocycles. The second kappa shape index (κ2) is 5.09. The molecule has 1 aromatic rings. The van der Waals surface area contributed by atoms with E-state index in [2.05, 4.69) is 17.0 Å². The van der Waals surface area contributed by atoms with E-state index in [-0.39, 0.29) is 18.0 Å². The van der Waals surface area contributed by atoms with Crippen LogP contribution in [0.2, 0.25) is 0 Å². The fourth-order valence-electron chi connectivity index (χ4n) is 4.12. The van der Waals surface area contributed by atoms with E-state index in [4.69, 9.17) is 9.84 Å². The summed E-state index contributed by atoms with van der Waals surface area (Å²) in [5, 5.41) is 6.41. The quantitative estimate of drug-likeness (QED) is 0.839.